The number of ether oxygens (including phenoxy) is 1. The highest BCUT2D eigenvalue weighted by Gasteiger charge is 2.31. The number of amides is 1. The number of carbonyl (C=O) groups excluding carboxylic acids is 1. The zero-order valence-corrected chi connectivity index (χ0v) is 19.3. The third-order valence-electron chi connectivity index (χ3n) is 5.49. The first kappa shape index (κ1) is 22.3. The van der Waals surface area contributed by atoms with Gasteiger partial charge in [0.25, 0.3) is 5.91 Å². The Kier molecular flexibility index (Phi) is 6.24. The summed E-state index contributed by atoms with van der Waals surface area (Å²) in [6.45, 7) is 2.07. The number of carbonyl (C=O) groups is 1. The average Bonchev–Trinajstić information content (AvgIpc) is 3.12. The molecule has 1 aliphatic heterocycles. The van der Waals surface area contributed by atoms with Crippen LogP contribution in [0.4, 0.5) is 5.69 Å². The topological polar surface area (TPSA) is 75.7 Å². The Morgan fingerprint density at radius 2 is 1.88 bits per heavy atom. The largest absolute Gasteiger partial charge is 0.495 e. The number of rotatable bonds is 6. The van der Waals surface area contributed by atoms with Crippen molar-refractivity contribution in [3.8, 4) is 5.75 Å². The van der Waals surface area contributed by atoms with Crippen LogP contribution in [0.25, 0.3) is 0 Å². The Morgan fingerprint density at radius 3 is 2.59 bits per heavy atom. The van der Waals surface area contributed by atoms with Gasteiger partial charge in [-0.15, -0.1) is 0 Å². The minimum atomic E-state index is -3.86. The quantitative estimate of drug-likeness (QED) is 0.578. The van der Waals surface area contributed by atoms with Crippen LogP contribution < -0.4 is 14.4 Å². The van der Waals surface area contributed by atoms with Crippen LogP contribution in [0.5, 0.6) is 5.75 Å². The molecule has 0 fully saturated rings. The SMILES string of the molecule is COc1ccc(Cl)cc1S(=O)(=O)NCc1ccc2c(c1)N(C(=O)c1ccccc1)[C@H](C)C2. The minimum absolute atomic E-state index is 0.0142. The normalized spacial score (nSPS) is 15.5. The van der Waals surface area contributed by atoms with Crippen LogP contribution in [0.15, 0.2) is 71.6 Å². The molecule has 0 aliphatic carbocycles. The highest BCUT2D eigenvalue weighted by Crippen LogP contribution is 2.34. The second kappa shape index (κ2) is 8.94. The van der Waals surface area contributed by atoms with E-state index in [1.807, 2.05) is 43.3 Å². The molecule has 0 bridgehead atoms. The number of sulfonamides is 1. The molecule has 8 heteroatoms. The van der Waals surface area contributed by atoms with Crippen LogP contribution in [-0.4, -0.2) is 27.5 Å². The summed E-state index contributed by atoms with van der Waals surface area (Å²) in [5, 5.41) is 0.299. The van der Waals surface area contributed by atoms with E-state index < -0.39 is 10.0 Å². The molecule has 1 atom stereocenters. The Balaban J connectivity index is 1.58. The maximum absolute atomic E-state index is 13.1. The van der Waals surface area contributed by atoms with E-state index in [0.717, 1.165) is 23.2 Å². The molecule has 3 aromatic rings. The fourth-order valence-corrected chi connectivity index (χ4v) is 5.36. The van der Waals surface area contributed by atoms with Crippen LogP contribution in [0.2, 0.25) is 5.02 Å². The Morgan fingerprint density at radius 1 is 1.12 bits per heavy atom. The molecule has 0 spiro atoms. The van der Waals surface area contributed by atoms with Gasteiger partial charge in [0.1, 0.15) is 10.6 Å². The van der Waals surface area contributed by atoms with Crippen LogP contribution in [0, 0.1) is 0 Å². The van der Waals surface area contributed by atoms with Crippen molar-refractivity contribution in [3.63, 3.8) is 0 Å². The predicted octanol–water partition coefficient (Wildman–Crippen LogP) is 4.42. The Bertz CT molecular complexity index is 1260. The molecular formula is C24H23ClN2O4S. The van der Waals surface area contributed by atoms with Gasteiger partial charge >= 0.3 is 0 Å². The zero-order valence-electron chi connectivity index (χ0n) is 17.7. The van der Waals surface area contributed by atoms with E-state index in [-0.39, 0.29) is 29.1 Å². The highest BCUT2D eigenvalue weighted by molar-refractivity contribution is 7.89. The second-order valence-electron chi connectivity index (χ2n) is 7.68. The minimum Gasteiger partial charge on any atom is -0.495 e. The van der Waals surface area contributed by atoms with Gasteiger partial charge in [-0.05, 0) is 60.9 Å². The molecular weight excluding hydrogens is 448 g/mol. The molecule has 3 aromatic carbocycles. The number of fused-ring (bicyclic) bond motifs is 1. The molecule has 4 rings (SSSR count). The third-order valence-corrected chi connectivity index (χ3v) is 7.14. The lowest BCUT2D eigenvalue weighted by molar-refractivity contribution is 0.0981. The van der Waals surface area contributed by atoms with Crippen molar-refractivity contribution in [2.24, 2.45) is 0 Å². The van der Waals surface area contributed by atoms with Crippen molar-refractivity contribution in [1.82, 2.24) is 4.72 Å². The second-order valence-corrected chi connectivity index (χ2v) is 9.85. The lowest BCUT2D eigenvalue weighted by atomic mass is 10.1. The Hall–Kier alpha value is -2.87. The van der Waals surface area contributed by atoms with Crippen LogP contribution in [0.3, 0.4) is 0 Å². The van der Waals surface area contributed by atoms with Gasteiger partial charge in [0.15, 0.2) is 0 Å². The molecule has 1 amide bonds. The maximum atomic E-state index is 13.1. The molecule has 1 heterocycles. The number of hydrogen-bond donors (Lipinski definition) is 1. The van der Waals surface area contributed by atoms with Gasteiger partial charge in [-0.3, -0.25) is 4.79 Å². The molecule has 0 saturated carbocycles. The molecule has 6 nitrogen and oxygen atoms in total. The Labute approximate surface area is 192 Å². The molecule has 0 radical (unpaired) electrons. The molecule has 1 N–H and O–H groups in total. The molecule has 32 heavy (non-hydrogen) atoms. The van der Waals surface area contributed by atoms with Crippen molar-refractivity contribution in [2.45, 2.75) is 30.8 Å². The summed E-state index contributed by atoms with van der Waals surface area (Å²) in [5.74, 6) is 0.141. The molecule has 166 valence electrons. The standard InChI is InChI=1S/C24H23ClN2O4S/c1-16-12-19-9-8-17(13-21(19)27(16)24(28)18-6-4-3-5-7-18)15-26-32(29,30)23-14-20(25)10-11-22(23)31-2/h3-11,13-14,16,26H,12,15H2,1-2H3/t16-/m1/s1. The molecule has 0 aromatic heterocycles. The van der Waals surface area contributed by atoms with E-state index >= 15 is 0 Å². The number of nitrogens with zero attached hydrogens (tertiary/aromatic N) is 1. The van der Waals surface area contributed by atoms with E-state index in [0.29, 0.717) is 10.6 Å². The number of hydrogen-bond acceptors (Lipinski definition) is 4. The van der Waals surface area contributed by atoms with Crippen molar-refractivity contribution in [1.29, 1.82) is 0 Å². The fourth-order valence-electron chi connectivity index (χ4n) is 3.91. The van der Waals surface area contributed by atoms with Crippen LogP contribution >= 0.6 is 11.6 Å². The number of benzene rings is 3. The van der Waals surface area contributed by atoms with Crippen molar-refractivity contribution < 1.29 is 17.9 Å². The summed E-state index contributed by atoms with van der Waals surface area (Å²) >= 11 is 5.99. The summed E-state index contributed by atoms with van der Waals surface area (Å²) in [4.78, 5) is 14.9. The number of halogens is 1. The fraction of sp³-hybridized carbons (Fsp3) is 0.208. The highest BCUT2D eigenvalue weighted by atomic mass is 35.5. The molecule has 0 unspecified atom stereocenters. The van der Waals surface area contributed by atoms with E-state index in [9.17, 15) is 13.2 Å². The lowest BCUT2D eigenvalue weighted by Gasteiger charge is -2.23. The van der Waals surface area contributed by atoms with E-state index in [2.05, 4.69) is 4.72 Å². The van der Waals surface area contributed by atoms with Gasteiger partial charge in [0, 0.05) is 28.9 Å². The van der Waals surface area contributed by atoms with Gasteiger partial charge in [-0.2, -0.15) is 0 Å². The summed E-state index contributed by atoms with van der Waals surface area (Å²) in [6.07, 6.45) is 0.750. The first-order chi connectivity index (χ1) is 15.3. The van der Waals surface area contributed by atoms with Gasteiger partial charge in [-0.25, -0.2) is 13.1 Å². The number of methoxy groups -OCH3 is 1. The van der Waals surface area contributed by atoms with Gasteiger partial charge in [0.05, 0.1) is 7.11 Å². The van der Waals surface area contributed by atoms with Crippen molar-refractivity contribution >= 4 is 33.2 Å². The lowest BCUT2D eigenvalue weighted by Crippen LogP contribution is -2.35. The van der Waals surface area contributed by atoms with Crippen molar-refractivity contribution in [3.05, 3.63) is 88.4 Å². The predicted molar refractivity (Wildman–Crippen MR) is 125 cm³/mol. The van der Waals surface area contributed by atoms with Gasteiger partial charge in [-0.1, -0.05) is 41.9 Å². The molecule has 1 aliphatic rings. The van der Waals surface area contributed by atoms with Crippen LogP contribution in [0.1, 0.15) is 28.4 Å². The molecule has 0 saturated heterocycles. The van der Waals surface area contributed by atoms with E-state index in [1.165, 1.54) is 19.2 Å². The van der Waals surface area contributed by atoms with E-state index in [4.69, 9.17) is 16.3 Å². The average molecular weight is 471 g/mol. The van der Waals surface area contributed by atoms with Crippen molar-refractivity contribution in [2.75, 3.05) is 12.0 Å². The zero-order chi connectivity index (χ0) is 22.9. The smallest absolute Gasteiger partial charge is 0.258 e. The summed E-state index contributed by atoms with van der Waals surface area (Å²) in [5.41, 5.74) is 3.23. The summed E-state index contributed by atoms with van der Waals surface area (Å²) < 4.78 is 33.5. The first-order valence-electron chi connectivity index (χ1n) is 10.1. The van der Waals surface area contributed by atoms with Gasteiger partial charge in [0.2, 0.25) is 10.0 Å². The summed E-state index contributed by atoms with van der Waals surface area (Å²) in [7, 11) is -2.46. The first-order valence-corrected chi connectivity index (χ1v) is 12.0. The number of nitrogens with one attached hydrogen (secondary N) is 1. The van der Waals surface area contributed by atoms with E-state index in [1.54, 1.807) is 23.1 Å². The third kappa shape index (κ3) is 4.37. The van der Waals surface area contributed by atoms with Gasteiger partial charge < -0.3 is 9.64 Å². The monoisotopic (exact) mass is 470 g/mol. The number of anilines is 1. The summed E-state index contributed by atoms with van der Waals surface area (Å²) in [6, 6.07) is 19.3. The maximum Gasteiger partial charge on any atom is 0.258 e. The van der Waals surface area contributed by atoms with Crippen LogP contribution in [-0.2, 0) is 23.0 Å².